The van der Waals surface area contributed by atoms with Crippen molar-refractivity contribution in [3.8, 4) is 5.75 Å². The number of nitrogens with one attached hydrogen (secondary N) is 2. The van der Waals surface area contributed by atoms with Gasteiger partial charge in [-0.15, -0.1) is 0 Å². The lowest BCUT2D eigenvalue weighted by atomic mass is 10.2. The van der Waals surface area contributed by atoms with Crippen molar-refractivity contribution in [2.24, 2.45) is 0 Å². The van der Waals surface area contributed by atoms with Crippen molar-refractivity contribution in [3.05, 3.63) is 29.8 Å². The Bertz CT molecular complexity index is 473. The average molecular weight is 263 g/mol. The van der Waals surface area contributed by atoms with Gasteiger partial charge in [-0.1, -0.05) is 12.1 Å². The molecule has 1 atom stereocenters. The summed E-state index contributed by atoms with van der Waals surface area (Å²) in [7, 11) is 3.27. The quantitative estimate of drug-likeness (QED) is 0.822. The van der Waals surface area contributed by atoms with E-state index in [0.29, 0.717) is 13.1 Å². The van der Waals surface area contributed by atoms with E-state index in [0.717, 1.165) is 11.3 Å². The normalized spacial score (nSPS) is 18.1. The van der Waals surface area contributed by atoms with E-state index in [-0.39, 0.29) is 11.9 Å². The van der Waals surface area contributed by atoms with Gasteiger partial charge in [-0.3, -0.25) is 4.79 Å². The first-order chi connectivity index (χ1) is 9.10. The standard InChI is InChI=1S/C13H17N3O3/c1-16-8-11(15-13(16)18)12(17)14-7-9-3-5-10(19-2)6-4-9/h3-6,11H,7-8H2,1-2H3,(H,14,17)(H,15,18). The van der Waals surface area contributed by atoms with Crippen LogP contribution in [0.1, 0.15) is 5.56 Å². The molecule has 1 fully saturated rings. The highest BCUT2D eigenvalue weighted by atomic mass is 16.5. The van der Waals surface area contributed by atoms with E-state index in [9.17, 15) is 9.59 Å². The van der Waals surface area contributed by atoms with E-state index in [1.807, 2.05) is 24.3 Å². The predicted molar refractivity (Wildman–Crippen MR) is 69.8 cm³/mol. The molecule has 3 amide bonds. The number of carbonyl (C=O) groups is 2. The van der Waals surface area contributed by atoms with Crippen LogP contribution in [0.4, 0.5) is 4.79 Å². The number of likely N-dealkylation sites (N-methyl/N-ethyl adjacent to an activating group) is 1. The Balaban J connectivity index is 1.84. The lowest BCUT2D eigenvalue weighted by Gasteiger charge is -2.10. The van der Waals surface area contributed by atoms with E-state index in [2.05, 4.69) is 10.6 Å². The van der Waals surface area contributed by atoms with Crippen LogP contribution in [-0.2, 0) is 11.3 Å². The van der Waals surface area contributed by atoms with Gasteiger partial charge in [0, 0.05) is 13.6 Å². The van der Waals surface area contributed by atoms with E-state index in [1.165, 1.54) is 4.90 Å². The highest BCUT2D eigenvalue weighted by Crippen LogP contribution is 2.11. The molecule has 1 aromatic carbocycles. The second-order valence-corrected chi connectivity index (χ2v) is 4.45. The smallest absolute Gasteiger partial charge is 0.317 e. The zero-order valence-corrected chi connectivity index (χ0v) is 11.0. The maximum Gasteiger partial charge on any atom is 0.317 e. The van der Waals surface area contributed by atoms with Gasteiger partial charge in [0.25, 0.3) is 0 Å². The third-order valence-electron chi connectivity index (χ3n) is 3.04. The van der Waals surface area contributed by atoms with Gasteiger partial charge in [0.1, 0.15) is 11.8 Å². The first kappa shape index (κ1) is 13.2. The van der Waals surface area contributed by atoms with Crippen LogP contribution in [0.15, 0.2) is 24.3 Å². The van der Waals surface area contributed by atoms with Crippen LogP contribution in [0.3, 0.4) is 0 Å². The number of ether oxygens (including phenoxy) is 1. The average Bonchev–Trinajstić information content (AvgIpc) is 2.77. The maximum atomic E-state index is 11.9. The number of hydrogen-bond donors (Lipinski definition) is 2. The van der Waals surface area contributed by atoms with Crippen LogP contribution in [0.2, 0.25) is 0 Å². The third kappa shape index (κ3) is 3.15. The monoisotopic (exact) mass is 263 g/mol. The zero-order valence-electron chi connectivity index (χ0n) is 11.0. The van der Waals surface area contributed by atoms with Crippen molar-refractivity contribution < 1.29 is 14.3 Å². The molecule has 0 aromatic heterocycles. The molecule has 0 radical (unpaired) electrons. The molecule has 1 unspecified atom stereocenters. The van der Waals surface area contributed by atoms with Gasteiger partial charge >= 0.3 is 6.03 Å². The molecule has 6 heteroatoms. The van der Waals surface area contributed by atoms with Crippen LogP contribution in [0.5, 0.6) is 5.75 Å². The molecule has 0 aliphatic carbocycles. The fourth-order valence-corrected chi connectivity index (χ4v) is 1.87. The van der Waals surface area contributed by atoms with Crippen LogP contribution >= 0.6 is 0 Å². The highest BCUT2D eigenvalue weighted by Gasteiger charge is 2.30. The Morgan fingerprint density at radius 2 is 2.16 bits per heavy atom. The summed E-state index contributed by atoms with van der Waals surface area (Å²) in [6.07, 6.45) is 0. The van der Waals surface area contributed by atoms with Gasteiger partial charge < -0.3 is 20.3 Å². The summed E-state index contributed by atoms with van der Waals surface area (Å²) in [5.74, 6) is 0.605. The summed E-state index contributed by atoms with van der Waals surface area (Å²) in [4.78, 5) is 24.6. The van der Waals surface area contributed by atoms with E-state index in [4.69, 9.17) is 4.74 Å². The molecule has 0 saturated carbocycles. The Morgan fingerprint density at radius 3 is 2.68 bits per heavy atom. The van der Waals surface area contributed by atoms with Crippen LogP contribution in [0, 0.1) is 0 Å². The molecule has 1 aromatic rings. The summed E-state index contributed by atoms with van der Waals surface area (Å²) in [6.45, 7) is 0.826. The van der Waals surface area contributed by atoms with Crippen LogP contribution in [-0.4, -0.2) is 43.6 Å². The van der Waals surface area contributed by atoms with Crippen molar-refractivity contribution in [2.45, 2.75) is 12.6 Å². The van der Waals surface area contributed by atoms with Crippen LogP contribution in [0.25, 0.3) is 0 Å². The molecule has 0 bridgehead atoms. The van der Waals surface area contributed by atoms with Gasteiger partial charge in [-0.05, 0) is 17.7 Å². The Kier molecular flexibility index (Phi) is 3.89. The largest absolute Gasteiger partial charge is 0.497 e. The van der Waals surface area contributed by atoms with Gasteiger partial charge in [0.2, 0.25) is 5.91 Å². The highest BCUT2D eigenvalue weighted by molar-refractivity contribution is 5.90. The minimum atomic E-state index is -0.476. The lowest BCUT2D eigenvalue weighted by molar-refractivity contribution is -0.122. The molecule has 1 saturated heterocycles. The molecule has 2 rings (SSSR count). The maximum absolute atomic E-state index is 11.9. The molecule has 0 spiro atoms. The first-order valence-corrected chi connectivity index (χ1v) is 6.02. The molecule has 2 N–H and O–H groups in total. The number of carbonyl (C=O) groups excluding carboxylic acids is 2. The van der Waals surface area contributed by atoms with Crippen molar-refractivity contribution in [1.82, 2.24) is 15.5 Å². The van der Waals surface area contributed by atoms with Gasteiger partial charge in [0.15, 0.2) is 0 Å². The second-order valence-electron chi connectivity index (χ2n) is 4.45. The predicted octanol–water partition coefficient (Wildman–Crippen LogP) is 0.335. The summed E-state index contributed by atoms with van der Waals surface area (Å²) in [5, 5.41) is 5.41. The van der Waals surface area contributed by atoms with Crippen molar-refractivity contribution >= 4 is 11.9 Å². The van der Waals surface area contributed by atoms with Crippen molar-refractivity contribution in [1.29, 1.82) is 0 Å². The summed E-state index contributed by atoms with van der Waals surface area (Å²) in [5.41, 5.74) is 0.979. The van der Waals surface area contributed by atoms with Gasteiger partial charge in [0.05, 0.1) is 13.7 Å². The Hall–Kier alpha value is -2.24. The number of hydrogen-bond acceptors (Lipinski definition) is 3. The Morgan fingerprint density at radius 1 is 1.47 bits per heavy atom. The zero-order chi connectivity index (χ0) is 13.8. The fourth-order valence-electron chi connectivity index (χ4n) is 1.87. The minimum Gasteiger partial charge on any atom is -0.497 e. The molecule has 1 aliphatic rings. The van der Waals surface area contributed by atoms with Gasteiger partial charge in [-0.2, -0.15) is 0 Å². The molecule has 1 heterocycles. The van der Waals surface area contributed by atoms with Crippen LogP contribution < -0.4 is 15.4 Å². The molecule has 19 heavy (non-hydrogen) atoms. The molecular formula is C13H17N3O3. The topological polar surface area (TPSA) is 70.7 Å². The molecular weight excluding hydrogens is 246 g/mol. The second kappa shape index (κ2) is 5.60. The number of urea groups is 1. The van der Waals surface area contributed by atoms with E-state index in [1.54, 1.807) is 14.2 Å². The van der Waals surface area contributed by atoms with E-state index < -0.39 is 6.04 Å². The number of benzene rings is 1. The SMILES string of the molecule is COc1ccc(CNC(=O)C2CN(C)C(=O)N2)cc1. The molecule has 102 valence electrons. The number of rotatable bonds is 4. The Labute approximate surface area is 111 Å². The number of methoxy groups -OCH3 is 1. The van der Waals surface area contributed by atoms with Gasteiger partial charge in [-0.25, -0.2) is 4.79 Å². The lowest BCUT2D eigenvalue weighted by Crippen LogP contribution is -2.42. The number of nitrogens with zero attached hydrogens (tertiary/aromatic N) is 1. The summed E-state index contributed by atoms with van der Waals surface area (Å²) >= 11 is 0. The number of amides is 3. The molecule has 1 aliphatic heterocycles. The fraction of sp³-hybridized carbons (Fsp3) is 0.385. The minimum absolute atomic E-state index is 0.173. The third-order valence-corrected chi connectivity index (χ3v) is 3.04. The molecule has 6 nitrogen and oxygen atoms in total. The van der Waals surface area contributed by atoms with E-state index >= 15 is 0 Å². The summed E-state index contributed by atoms with van der Waals surface area (Å²) < 4.78 is 5.06. The summed E-state index contributed by atoms with van der Waals surface area (Å²) in [6, 6.07) is 6.76. The van der Waals surface area contributed by atoms with Crippen molar-refractivity contribution in [2.75, 3.05) is 20.7 Å². The first-order valence-electron chi connectivity index (χ1n) is 6.02. The van der Waals surface area contributed by atoms with Crippen molar-refractivity contribution in [3.63, 3.8) is 0 Å².